The zero-order valence-corrected chi connectivity index (χ0v) is 19.2. The number of carbonyl (C=O) groups is 4. The number of carboxylic acid groups (broad SMARTS) is 1. The van der Waals surface area contributed by atoms with Crippen molar-refractivity contribution in [2.24, 2.45) is 5.92 Å². The largest absolute Gasteiger partial charge is 0.480 e. The van der Waals surface area contributed by atoms with Gasteiger partial charge in [0.25, 0.3) is 5.91 Å². The normalized spacial score (nSPS) is 24.0. The highest BCUT2D eigenvalue weighted by atomic mass is 32.2. The Hall–Kier alpha value is -2.55. The quantitative estimate of drug-likeness (QED) is 0.590. The van der Waals surface area contributed by atoms with Crippen LogP contribution in [0, 0.1) is 5.92 Å². The molecule has 3 amide bonds. The zero-order valence-electron chi connectivity index (χ0n) is 18.3. The standard InChI is InChI=1S/C22H29N3O5S/c1-6-11(2)15(17(26)23-12(3)21(29)30)24-18(27)16-22(4,5)31-20-14-10-8-7-9-13(14)19(28)25(16)20/h7-12,15-16,20H,6H2,1-5H3,(H,23,26)(H,24,27)(H,29,30)/t11-,12+,15-,16+,20+/m0/s1. The second kappa shape index (κ2) is 8.53. The molecular weight excluding hydrogens is 418 g/mol. The molecule has 0 bridgehead atoms. The summed E-state index contributed by atoms with van der Waals surface area (Å²) < 4.78 is -0.567. The lowest BCUT2D eigenvalue weighted by Crippen LogP contribution is -2.59. The molecule has 2 aliphatic rings. The molecule has 31 heavy (non-hydrogen) atoms. The molecule has 168 valence electrons. The average molecular weight is 448 g/mol. The highest BCUT2D eigenvalue weighted by Gasteiger charge is 2.57. The van der Waals surface area contributed by atoms with Gasteiger partial charge in [0.15, 0.2) is 0 Å². The first-order valence-corrected chi connectivity index (χ1v) is 11.3. The van der Waals surface area contributed by atoms with Crippen LogP contribution < -0.4 is 10.6 Å². The number of rotatable bonds is 7. The summed E-state index contributed by atoms with van der Waals surface area (Å²) in [6.45, 7) is 8.92. The molecule has 1 fully saturated rings. The fourth-order valence-corrected chi connectivity index (χ4v) is 5.69. The number of thioether (sulfide) groups is 1. The molecule has 0 saturated carbocycles. The van der Waals surface area contributed by atoms with Gasteiger partial charge < -0.3 is 20.6 Å². The van der Waals surface area contributed by atoms with Crippen LogP contribution in [0.15, 0.2) is 24.3 Å². The third-order valence-electron chi connectivity index (χ3n) is 6.07. The van der Waals surface area contributed by atoms with Crippen LogP contribution in [-0.4, -0.2) is 56.6 Å². The fraction of sp³-hybridized carbons (Fsp3) is 0.545. The highest BCUT2D eigenvalue weighted by molar-refractivity contribution is 8.01. The van der Waals surface area contributed by atoms with E-state index in [4.69, 9.17) is 5.11 Å². The molecule has 0 aliphatic carbocycles. The van der Waals surface area contributed by atoms with Gasteiger partial charge in [-0.25, -0.2) is 0 Å². The summed E-state index contributed by atoms with van der Waals surface area (Å²) >= 11 is 1.55. The summed E-state index contributed by atoms with van der Waals surface area (Å²) in [5.41, 5.74) is 1.49. The predicted molar refractivity (Wildman–Crippen MR) is 117 cm³/mol. The number of aliphatic carboxylic acids is 1. The summed E-state index contributed by atoms with van der Waals surface area (Å²) in [5.74, 6) is -2.52. The summed E-state index contributed by atoms with van der Waals surface area (Å²) in [5, 5.41) is 14.1. The number of nitrogens with one attached hydrogen (secondary N) is 2. The number of hydrogen-bond donors (Lipinski definition) is 3. The van der Waals surface area contributed by atoms with Gasteiger partial charge in [-0.15, -0.1) is 11.8 Å². The minimum atomic E-state index is -1.15. The molecule has 1 saturated heterocycles. The number of hydrogen-bond acceptors (Lipinski definition) is 5. The molecule has 9 heteroatoms. The van der Waals surface area contributed by atoms with E-state index >= 15 is 0 Å². The Morgan fingerprint density at radius 3 is 2.45 bits per heavy atom. The molecule has 1 aromatic carbocycles. The van der Waals surface area contributed by atoms with Crippen molar-refractivity contribution >= 4 is 35.5 Å². The van der Waals surface area contributed by atoms with E-state index in [-0.39, 0.29) is 17.2 Å². The lowest BCUT2D eigenvalue weighted by Gasteiger charge is -2.32. The Bertz CT molecular complexity index is 918. The molecule has 3 rings (SSSR count). The van der Waals surface area contributed by atoms with Crippen molar-refractivity contribution in [1.29, 1.82) is 0 Å². The topological polar surface area (TPSA) is 116 Å². The summed E-state index contributed by atoms with van der Waals surface area (Å²) in [6, 6.07) is 4.61. The van der Waals surface area contributed by atoms with Crippen molar-refractivity contribution in [2.75, 3.05) is 0 Å². The van der Waals surface area contributed by atoms with Gasteiger partial charge in [-0.2, -0.15) is 0 Å². The van der Waals surface area contributed by atoms with Crippen molar-refractivity contribution in [3.8, 4) is 0 Å². The van der Waals surface area contributed by atoms with E-state index < -0.39 is 40.7 Å². The van der Waals surface area contributed by atoms with Crippen LogP contribution in [-0.2, 0) is 14.4 Å². The maximum absolute atomic E-state index is 13.4. The lowest BCUT2D eigenvalue weighted by atomic mass is 9.95. The number of carbonyl (C=O) groups excluding carboxylic acids is 3. The molecule has 0 spiro atoms. The third-order valence-corrected chi connectivity index (χ3v) is 7.60. The van der Waals surface area contributed by atoms with Gasteiger partial charge in [-0.3, -0.25) is 19.2 Å². The van der Waals surface area contributed by atoms with Gasteiger partial charge in [-0.05, 0) is 38.3 Å². The van der Waals surface area contributed by atoms with Gasteiger partial charge >= 0.3 is 5.97 Å². The van der Waals surface area contributed by atoms with Crippen LogP contribution in [0.5, 0.6) is 0 Å². The molecule has 3 N–H and O–H groups in total. The van der Waals surface area contributed by atoms with Crippen molar-refractivity contribution in [3.05, 3.63) is 35.4 Å². The number of amides is 3. The Labute approximate surface area is 186 Å². The minimum Gasteiger partial charge on any atom is -0.480 e. The first-order chi connectivity index (χ1) is 14.5. The molecule has 0 aromatic heterocycles. The van der Waals surface area contributed by atoms with Crippen LogP contribution in [0.3, 0.4) is 0 Å². The van der Waals surface area contributed by atoms with Crippen LogP contribution in [0.4, 0.5) is 0 Å². The summed E-state index contributed by atoms with van der Waals surface area (Å²) in [7, 11) is 0. The predicted octanol–water partition coefficient (Wildman–Crippen LogP) is 2.16. The second-order valence-corrected chi connectivity index (χ2v) is 10.5. The lowest BCUT2D eigenvalue weighted by molar-refractivity contribution is -0.142. The Balaban J connectivity index is 1.85. The molecule has 0 unspecified atom stereocenters. The Morgan fingerprint density at radius 1 is 1.19 bits per heavy atom. The van der Waals surface area contributed by atoms with Gasteiger partial charge in [0.05, 0.1) is 0 Å². The van der Waals surface area contributed by atoms with Gasteiger partial charge in [0.1, 0.15) is 23.5 Å². The Morgan fingerprint density at radius 2 is 1.84 bits per heavy atom. The van der Waals surface area contributed by atoms with E-state index in [1.165, 1.54) is 6.92 Å². The maximum Gasteiger partial charge on any atom is 0.325 e. The highest BCUT2D eigenvalue weighted by Crippen LogP contribution is 2.56. The number of nitrogens with zero attached hydrogens (tertiary/aromatic N) is 1. The van der Waals surface area contributed by atoms with E-state index in [9.17, 15) is 19.2 Å². The van der Waals surface area contributed by atoms with Crippen LogP contribution >= 0.6 is 11.8 Å². The van der Waals surface area contributed by atoms with Gasteiger partial charge in [0.2, 0.25) is 11.8 Å². The Kier molecular flexibility index (Phi) is 6.36. The number of benzene rings is 1. The number of carboxylic acids is 1. The maximum atomic E-state index is 13.4. The van der Waals surface area contributed by atoms with Crippen LogP contribution in [0.2, 0.25) is 0 Å². The third kappa shape index (κ3) is 4.15. The van der Waals surface area contributed by atoms with Gasteiger partial charge in [0, 0.05) is 10.3 Å². The molecular formula is C22H29N3O5S. The molecule has 5 atom stereocenters. The SMILES string of the molecule is CC[C@H](C)[C@H](NC(=O)[C@H]1N2C(=O)c3ccccc3[C@H]2SC1(C)C)C(=O)N[C@H](C)C(=O)O. The second-order valence-electron chi connectivity index (χ2n) is 8.72. The molecule has 2 heterocycles. The molecule has 0 radical (unpaired) electrons. The van der Waals surface area contributed by atoms with Crippen molar-refractivity contribution in [3.63, 3.8) is 0 Å². The average Bonchev–Trinajstić information content (AvgIpc) is 3.14. The molecule has 2 aliphatic heterocycles. The van der Waals surface area contributed by atoms with E-state index in [1.54, 1.807) is 28.8 Å². The number of fused-ring (bicyclic) bond motifs is 3. The monoisotopic (exact) mass is 447 g/mol. The van der Waals surface area contributed by atoms with Gasteiger partial charge in [-0.1, -0.05) is 38.5 Å². The van der Waals surface area contributed by atoms with Crippen molar-refractivity contribution < 1.29 is 24.3 Å². The summed E-state index contributed by atoms with van der Waals surface area (Å²) in [4.78, 5) is 52.0. The smallest absolute Gasteiger partial charge is 0.325 e. The first kappa shape index (κ1) is 23.1. The van der Waals surface area contributed by atoms with E-state index in [2.05, 4.69) is 10.6 Å². The van der Waals surface area contributed by atoms with Crippen molar-refractivity contribution in [1.82, 2.24) is 15.5 Å². The van der Waals surface area contributed by atoms with E-state index in [0.29, 0.717) is 12.0 Å². The van der Waals surface area contributed by atoms with Crippen molar-refractivity contribution in [2.45, 2.75) is 69.3 Å². The fourth-order valence-electron chi connectivity index (χ4n) is 4.10. The summed E-state index contributed by atoms with van der Waals surface area (Å²) in [6.07, 6.45) is 0.610. The first-order valence-electron chi connectivity index (χ1n) is 10.4. The zero-order chi connectivity index (χ0) is 23.1. The molecule has 1 aromatic rings. The van der Waals surface area contributed by atoms with E-state index in [1.807, 2.05) is 39.8 Å². The van der Waals surface area contributed by atoms with Crippen LogP contribution in [0.25, 0.3) is 0 Å². The molecule has 8 nitrogen and oxygen atoms in total. The van der Waals surface area contributed by atoms with E-state index in [0.717, 1.165) is 5.56 Å². The van der Waals surface area contributed by atoms with Crippen LogP contribution in [0.1, 0.15) is 62.3 Å². The minimum absolute atomic E-state index is 0.192.